The molecule has 0 N–H and O–H groups in total. The highest BCUT2D eigenvalue weighted by molar-refractivity contribution is 7.11. The maximum absolute atomic E-state index is 11.5. The third kappa shape index (κ3) is 3.35. The van der Waals surface area contributed by atoms with Gasteiger partial charge >= 0.3 is 0 Å². The number of hydrogen-bond acceptors (Lipinski definition) is 7. The molecule has 122 valence electrons. The van der Waals surface area contributed by atoms with Crippen molar-refractivity contribution in [1.29, 1.82) is 0 Å². The van der Waals surface area contributed by atoms with Gasteiger partial charge in [0.2, 0.25) is 0 Å². The summed E-state index contributed by atoms with van der Waals surface area (Å²) >= 11 is 1.41. The lowest BCUT2D eigenvalue weighted by molar-refractivity contribution is -0.00549. The number of carbonyl (C=O) groups excluding carboxylic acids is 1. The zero-order valence-electron chi connectivity index (χ0n) is 13.4. The summed E-state index contributed by atoms with van der Waals surface area (Å²) in [5, 5.41) is 2.48. The number of morpholine rings is 1. The average molecular weight is 333 g/mol. The third-order valence-corrected chi connectivity index (χ3v) is 4.50. The summed E-state index contributed by atoms with van der Waals surface area (Å²) < 4.78 is 10.8. The van der Waals surface area contributed by atoms with E-state index < -0.39 is 0 Å². The van der Waals surface area contributed by atoms with E-state index in [4.69, 9.17) is 9.47 Å². The first-order valence-corrected chi connectivity index (χ1v) is 8.34. The lowest BCUT2D eigenvalue weighted by Crippen LogP contribution is -2.46. The highest BCUT2D eigenvalue weighted by Crippen LogP contribution is 2.29. The average Bonchev–Trinajstić information content (AvgIpc) is 3.02. The standard InChI is InChI=1S/C16H19N3O3S/c1-10-6-19(7-11(2)22-10)15-13(8-20)4-12(5-17-15)14-9-23-16(18-14)21-3/h4-5,8-11H,6-7H2,1-3H3/t10-,11+. The number of ether oxygens (including phenoxy) is 2. The summed E-state index contributed by atoms with van der Waals surface area (Å²) in [6.45, 7) is 5.50. The van der Waals surface area contributed by atoms with E-state index >= 15 is 0 Å². The van der Waals surface area contributed by atoms with Crippen LogP contribution < -0.4 is 9.64 Å². The van der Waals surface area contributed by atoms with Crippen molar-refractivity contribution < 1.29 is 14.3 Å². The minimum atomic E-state index is 0.113. The second kappa shape index (κ2) is 6.64. The smallest absolute Gasteiger partial charge is 0.273 e. The van der Waals surface area contributed by atoms with Crippen molar-refractivity contribution in [2.24, 2.45) is 0 Å². The molecular weight excluding hydrogens is 314 g/mol. The Hall–Kier alpha value is -1.99. The maximum atomic E-state index is 11.5. The van der Waals surface area contributed by atoms with E-state index in [1.54, 1.807) is 13.3 Å². The molecule has 3 heterocycles. The van der Waals surface area contributed by atoms with Gasteiger partial charge < -0.3 is 14.4 Å². The molecule has 0 spiro atoms. The Labute approximate surface area is 139 Å². The maximum Gasteiger partial charge on any atom is 0.273 e. The fourth-order valence-electron chi connectivity index (χ4n) is 2.80. The van der Waals surface area contributed by atoms with Crippen molar-refractivity contribution in [2.45, 2.75) is 26.1 Å². The Bertz CT molecular complexity index is 694. The van der Waals surface area contributed by atoms with E-state index in [2.05, 4.69) is 14.9 Å². The molecule has 0 aliphatic carbocycles. The topological polar surface area (TPSA) is 64.6 Å². The van der Waals surface area contributed by atoms with Gasteiger partial charge in [0, 0.05) is 30.2 Å². The lowest BCUT2D eigenvalue weighted by Gasteiger charge is -2.36. The first kappa shape index (κ1) is 15.9. The number of aldehydes is 1. The molecule has 2 aromatic heterocycles. The van der Waals surface area contributed by atoms with Gasteiger partial charge in [0.05, 0.1) is 30.6 Å². The molecule has 3 rings (SSSR count). The molecule has 23 heavy (non-hydrogen) atoms. The van der Waals surface area contributed by atoms with Crippen molar-refractivity contribution >= 4 is 23.4 Å². The Balaban J connectivity index is 1.92. The molecule has 2 atom stereocenters. The minimum absolute atomic E-state index is 0.113. The van der Waals surface area contributed by atoms with Gasteiger partial charge in [-0.15, -0.1) is 0 Å². The number of carbonyl (C=O) groups is 1. The van der Waals surface area contributed by atoms with Crippen molar-refractivity contribution in [3.05, 3.63) is 23.2 Å². The van der Waals surface area contributed by atoms with Crippen molar-refractivity contribution in [3.63, 3.8) is 0 Å². The van der Waals surface area contributed by atoms with Crippen LogP contribution in [-0.4, -0.2) is 48.7 Å². The molecule has 0 saturated carbocycles. The monoisotopic (exact) mass is 333 g/mol. The van der Waals surface area contributed by atoms with Gasteiger partial charge in [0.15, 0.2) is 6.29 Å². The first-order chi connectivity index (χ1) is 11.1. The summed E-state index contributed by atoms with van der Waals surface area (Å²) in [6.07, 6.45) is 2.83. The van der Waals surface area contributed by atoms with Gasteiger partial charge in [0.1, 0.15) is 5.82 Å². The van der Waals surface area contributed by atoms with Gasteiger partial charge in [-0.2, -0.15) is 0 Å². The van der Waals surface area contributed by atoms with Gasteiger partial charge in [-0.3, -0.25) is 4.79 Å². The van der Waals surface area contributed by atoms with E-state index in [1.807, 2.05) is 25.3 Å². The van der Waals surface area contributed by atoms with Crippen LogP contribution in [0.3, 0.4) is 0 Å². The molecule has 1 aliphatic heterocycles. The van der Waals surface area contributed by atoms with Crippen LogP contribution >= 0.6 is 11.3 Å². The number of thiazole rings is 1. The number of pyridine rings is 1. The molecule has 1 aliphatic rings. The highest BCUT2D eigenvalue weighted by atomic mass is 32.1. The highest BCUT2D eigenvalue weighted by Gasteiger charge is 2.25. The number of hydrogen-bond donors (Lipinski definition) is 0. The fourth-order valence-corrected chi connectivity index (χ4v) is 3.45. The Morgan fingerprint density at radius 3 is 2.74 bits per heavy atom. The second-order valence-electron chi connectivity index (χ2n) is 5.62. The summed E-state index contributed by atoms with van der Waals surface area (Å²) in [5.41, 5.74) is 2.14. The summed E-state index contributed by atoms with van der Waals surface area (Å²) in [5.74, 6) is 0.702. The normalized spacial score (nSPS) is 21.3. The largest absolute Gasteiger partial charge is 0.473 e. The Kier molecular flexibility index (Phi) is 4.58. The van der Waals surface area contributed by atoms with Gasteiger partial charge in [-0.1, -0.05) is 11.3 Å². The number of rotatable bonds is 4. The zero-order chi connectivity index (χ0) is 16.4. The van der Waals surface area contributed by atoms with E-state index in [9.17, 15) is 4.79 Å². The molecule has 0 amide bonds. The number of anilines is 1. The molecule has 0 radical (unpaired) electrons. The first-order valence-electron chi connectivity index (χ1n) is 7.46. The molecule has 0 aromatic carbocycles. The Morgan fingerprint density at radius 1 is 1.39 bits per heavy atom. The molecule has 7 heteroatoms. The van der Waals surface area contributed by atoms with Gasteiger partial charge in [0.25, 0.3) is 5.19 Å². The van der Waals surface area contributed by atoms with Crippen LogP contribution in [0.5, 0.6) is 5.19 Å². The van der Waals surface area contributed by atoms with Crippen LogP contribution in [-0.2, 0) is 4.74 Å². The summed E-state index contributed by atoms with van der Waals surface area (Å²) in [7, 11) is 1.58. The van der Waals surface area contributed by atoms with Gasteiger partial charge in [-0.05, 0) is 19.9 Å². The van der Waals surface area contributed by atoms with Crippen LogP contribution in [0.4, 0.5) is 5.82 Å². The lowest BCUT2D eigenvalue weighted by atomic mass is 10.1. The van der Waals surface area contributed by atoms with Crippen LogP contribution in [0, 0.1) is 0 Å². The van der Waals surface area contributed by atoms with Crippen molar-refractivity contribution in [1.82, 2.24) is 9.97 Å². The quantitative estimate of drug-likeness (QED) is 0.802. The molecule has 1 fully saturated rings. The van der Waals surface area contributed by atoms with E-state index in [0.29, 0.717) is 16.6 Å². The zero-order valence-corrected chi connectivity index (χ0v) is 14.2. The summed E-state index contributed by atoms with van der Waals surface area (Å²) in [6, 6.07) is 1.83. The van der Waals surface area contributed by atoms with E-state index in [-0.39, 0.29) is 12.2 Å². The summed E-state index contributed by atoms with van der Waals surface area (Å²) in [4.78, 5) is 22.5. The Morgan fingerprint density at radius 2 is 2.13 bits per heavy atom. The number of nitrogens with zero attached hydrogens (tertiary/aromatic N) is 3. The minimum Gasteiger partial charge on any atom is -0.473 e. The van der Waals surface area contributed by atoms with Crippen LogP contribution in [0.2, 0.25) is 0 Å². The van der Waals surface area contributed by atoms with Gasteiger partial charge in [-0.25, -0.2) is 9.97 Å². The van der Waals surface area contributed by atoms with Crippen molar-refractivity contribution in [3.8, 4) is 16.5 Å². The molecule has 0 unspecified atom stereocenters. The van der Waals surface area contributed by atoms with Crippen LogP contribution in [0.15, 0.2) is 17.6 Å². The molecule has 6 nitrogen and oxygen atoms in total. The van der Waals surface area contributed by atoms with Crippen LogP contribution in [0.25, 0.3) is 11.3 Å². The molecule has 2 aromatic rings. The molecular formula is C16H19N3O3S. The second-order valence-corrected chi connectivity index (χ2v) is 6.44. The fraction of sp³-hybridized carbons (Fsp3) is 0.438. The predicted octanol–water partition coefficient (Wildman–Crippen LogP) is 2.64. The predicted molar refractivity (Wildman–Crippen MR) is 89.5 cm³/mol. The molecule has 1 saturated heterocycles. The third-order valence-electron chi connectivity index (χ3n) is 3.69. The van der Waals surface area contributed by atoms with Crippen molar-refractivity contribution in [2.75, 3.05) is 25.1 Å². The van der Waals surface area contributed by atoms with E-state index in [1.165, 1.54) is 11.3 Å². The number of aromatic nitrogens is 2. The molecule has 0 bridgehead atoms. The number of methoxy groups -OCH3 is 1. The van der Waals surface area contributed by atoms with E-state index in [0.717, 1.165) is 30.6 Å². The van der Waals surface area contributed by atoms with Crippen LogP contribution in [0.1, 0.15) is 24.2 Å². The SMILES string of the molecule is COc1nc(-c2cnc(N3C[C@@H](C)O[C@@H](C)C3)c(C=O)c2)cs1.